The number of amides is 1. The Morgan fingerprint density at radius 2 is 1.79 bits per heavy atom. The lowest BCUT2D eigenvalue weighted by Gasteiger charge is -2.33. The first-order chi connectivity index (χ1) is 8.94. The van der Waals surface area contributed by atoms with Crippen molar-refractivity contribution < 1.29 is 9.22 Å². The molecular weight excluding hydrogens is 254 g/mol. The molecule has 0 saturated heterocycles. The summed E-state index contributed by atoms with van der Waals surface area (Å²) in [4.78, 5) is 13.3. The number of rotatable bonds is 10. The van der Waals surface area contributed by atoms with Crippen LogP contribution >= 0.6 is 0 Å². The summed E-state index contributed by atoms with van der Waals surface area (Å²) in [5.74, 6) is 0.175. The Morgan fingerprint density at radius 1 is 1.26 bits per heavy atom. The monoisotopic (exact) mass is 285 g/mol. The van der Waals surface area contributed by atoms with E-state index in [1.165, 1.54) is 0 Å². The van der Waals surface area contributed by atoms with Gasteiger partial charge in [0.2, 0.25) is 5.91 Å². The number of hydrogen-bond donors (Lipinski definition) is 0. The molecule has 3 nitrogen and oxygen atoms in total. The molecule has 0 N–H and O–H groups in total. The van der Waals surface area contributed by atoms with Gasteiger partial charge in [0.25, 0.3) is 0 Å². The van der Waals surface area contributed by atoms with Crippen molar-refractivity contribution in [3.8, 4) is 0 Å². The second-order valence-electron chi connectivity index (χ2n) is 5.33. The molecule has 0 radical (unpaired) electrons. The van der Waals surface area contributed by atoms with Crippen LogP contribution < -0.4 is 0 Å². The fourth-order valence-electron chi connectivity index (χ4n) is 2.27. The van der Waals surface area contributed by atoms with Gasteiger partial charge in [-0.25, -0.2) is 0 Å². The SMILES string of the molecule is C=CCC(CCC(=O)N(C)C)O[Si](CC)(CC)CC. The van der Waals surface area contributed by atoms with Crippen LogP contribution in [-0.2, 0) is 9.22 Å². The normalized spacial score (nSPS) is 13.1. The van der Waals surface area contributed by atoms with Gasteiger partial charge in [0.1, 0.15) is 0 Å². The topological polar surface area (TPSA) is 29.5 Å². The van der Waals surface area contributed by atoms with Gasteiger partial charge in [-0.15, -0.1) is 6.58 Å². The zero-order valence-corrected chi connectivity index (χ0v) is 14.4. The summed E-state index contributed by atoms with van der Waals surface area (Å²) >= 11 is 0. The first-order valence-electron chi connectivity index (χ1n) is 7.43. The van der Waals surface area contributed by atoms with Crippen LogP contribution in [0.15, 0.2) is 12.7 Å². The highest BCUT2D eigenvalue weighted by molar-refractivity contribution is 6.73. The van der Waals surface area contributed by atoms with Crippen LogP contribution in [-0.4, -0.2) is 39.3 Å². The molecule has 0 saturated carbocycles. The third-order valence-corrected chi connectivity index (χ3v) is 8.66. The van der Waals surface area contributed by atoms with Crippen molar-refractivity contribution in [1.29, 1.82) is 0 Å². The van der Waals surface area contributed by atoms with Gasteiger partial charge in [0.15, 0.2) is 8.32 Å². The van der Waals surface area contributed by atoms with E-state index in [2.05, 4.69) is 27.4 Å². The molecule has 1 amide bonds. The van der Waals surface area contributed by atoms with Crippen LogP contribution in [0.25, 0.3) is 0 Å². The molecule has 0 aromatic rings. The van der Waals surface area contributed by atoms with E-state index in [1.807, 2.05) is 6.08 Å². The van der Waals surface area contributed by atoms with Gasteiger partial charge in [-0.3, -0.25) is 4.79 Å². The third kappa shape index (κ3) is 6.39. The van der Waals surface area contributed by atoms with Gasteiger partial charge in [-0.05, 0) is 31.0 Å². The molecule has 0 fully saturated rings. The van der Waals surface area contributed by atoms with Gasteiger partial charge in [0, 0.05) is 26.6 Å². The van der Waals surface area contributed by atoms with E-state index in [0.717, 1.165) is 31.0 Å². The summed E-state index contributed by atoms with van der Waals surface area (Å²) in [6.07, 6.45) is 4.28. The average Bonchev–Trinajstić information content (AvgIpc) is 2.41. The van der Waals surface area contributed by atoms with Crippen LogP contribution in [0.5, 0.6) is 0 Å². The Hall–Kier alpha value is -0.613. The molecule has 0 rings (SSSR count). The van der Waals surface area contributed by atoms with Crippen molar-refractivity contribution >= 4 is 14.2 Å². The Bertz CT molecular complexity index is 267. The predicted octanol–water partition coefficient (Wildman–Crippen LogP) is 3.82. The highest BCUT2D eigenvalue weighted by Gasteiger charge is 2.31. The van der Waals surface area contributed by atoms with Crippen LogP contribution in [0.1, 0.15) is 40.0 Å². The molecule has 0 heterocycles. The highest BCUT2D eigenvalue weighted by atomic mass is 28.4. The fraction of sp³-hybridized carbons (Fsp3) is 0.800. The Balaban J connectivity index is 4.55. The molecule has 1 atom stereocenters. The van der Waals surface area contributed by atoms with E-state index in [-0.39, 0.29) is 12.0 Å². The van der Waals surface area contributed by atoms with Crippen molar-refractivity contribution in [2.24, 2.45) is 0 Å². The van der Waals surface area contributed by atoms with Crippen molar-refractivity contribution in [2.45, 2.75) is 64.3 Å². The molecule has 0 aromatic carbocycles. The molecule has 0 aliphatic carbocycles. The molecule has 112 valence electrons. The zero-order chi connectivity index (χ0) is 14.9. The average molecular weight is 286 g/mol. The van der Waals surface area contributed by atoms with Crippen molar-refractivity contribution in [3.63, 3.8) is 0 Å². The maximum Gasteiger partial charge on any atom is 0.222 e. The van der Waals surface area contributed by atoms with Crippen molar-refractivity contribution in [2.75, 3.05) is 14.1 Å². The molecule has 0 spiro atoms. The Labute approximate surface area is 120 Å². The van der Waals surface area contributed by atoms with Crippen molar-refractivity contribution in [1.82, 2.24) is 4.90 Å². The summed E-state index contributed by atoms with van der Waals surface area (Å²) < 4.78 is 6.45. The maximum atomic E-state index is 11.7. The van der Waals surface area contributed by atoms with Crippen LogP contribution in [0.2, 0.25) is 18.1 Å². The minimum atomic E-state index is -1.59. The molecule has 0 aromatic heterocycles. The molecule has 19 heavy (non-hydrogen) atoms. The first-order valence-corrected chi connectivity index (χ1v) is 9.96. The molecule has 0 aliphatic rings. The number of nitrogens with zero attached hydrogens (tertiary/aromatic N) is 1. The molecule has 0 bridgehead atoms. The second-order valence-corrected chi connectivity index (χ2v) is 10.1. The van der Waals surface area contributed by atoms with E-state index >= 15 is 0 Å². The fourth-order valence-corrected chi connectivity index (χ4v) is 5.19. The molecular formula is C15H31NO2Si. The molecule has 1 unspecified atom stereocenters. The van der Waals surface area contributed by atoms with E-state index in [9.17, 15) is 4.79 Å². The maximum absolute atomic E-state index is 11.7. The summed E-state index contributed by atoms with van der Waals surface area (Å²) in [5, 5.41) is 0. The Kier molecular flexibility index (Phi) is 9.02. The smallest absolute Gasteiger partial charge is 0.222 e. The summed E-state index contributed by atoms with van der Waals surface area (Å²) in [6, 6.07) is 3.44. The van der Waals surface area contributed by atoms with Crippen molar-refractivity contribution in [3.05, 3.63) is 12.7 Å². The summed E-state index contributed by atoms with van der Waals surface area (Å²) in [5.41, 5.74) is 0. The zero-order valence-electron chi connectivity index (χ0n) is 13.4. The number of hydrogen-bond acceptors (Lipinski definition) is 2. The van der Waals surface area contributed by atoms with Gasteiger partial charge in [0.05, 0.1) is 0 Å². The highest BCUT2D eigenvalue weighted by Crippen LogP contribution is 2.26. The lowest BCUT2D eigenvalue weighted by atomic mass is 10.1. The van der Waals surface area contributed by atoms with E-state index in [1.54, 1.807) is 19.0 Å². The summed E-state index contributed by atoms with van der Waals surface area (Å²) in [6.45, 7) is 10.5. The third-order valence-electron chi connectivity index (χ3n) is 3.96. The van der Waals surface area contributed by atoms with E-state index in [4.69, 9.17) is 4.43 Å². The minimum absolute atomic E-state index is 0.160. The van der Waals surface area contributed by atoms with Gasteiger partial charge in [-0.1, -0.05) is 26.8 Å². The largest absolute Gasteiger partial charge is 0.414 e. The van der Waals surface area contributed by atoms with Gasteiger partial charge < -0.3 is 9.33 Å². The summed E-state index contributed by atoms with van der Waals surface area (Å²) in [7, 11) is 2.01. The number of carbonyl (C=O) groups is 1. The lowest BCUT2D eigenvalue weighted by molar-refractivity contribution is -0.129. The number of carbonyl (C=O) groups excluding carboxylic acids is 1. The lowest BCUT2D eigenvalue weighted by Crippen LogP contribution is -2.40. The van der Waals surface area contributed by atoms with E-state index in [0.29, 0.717) is 6.42 Å². The first kappa shape index (κ1) is 18.4. The van der Waals surface area contributed by atoms with E-state index < -0.39 is 8.32 Å². The Morgan fingerprint density at radius 3 is 2.16 bits per heavy atom. The quantitative estimate of drug-likeness (QED) is 0.451. The predicted molar refractivity (Wildman–Crippen MR) is 84.8 cm³/mol. The van der Waals surface area contributed by atoms with Gasteiger partial charge in [-0.2, -0.15) is 0 Å². The van der Waals surface area contributed by atoms with Crippen LogP contribution in [0, 0.1) is 0 Å². The minimum Gasteiger partial charge on any atom is -0.414 e. The standard InChI is InChI=1S/C15H31NO2Si/c1-7-11-14(12-13-15(17)16(5)6)18-19(8-2,9-3)10-4/h7,14H,1,8-13H2,2-6H3. The van der Waals surface area contributed by atoms with Gasteiger partial charge >= 0.3 is 0 Å². The second kappa shape index (κ2) is 9.32. The molecule has 0 aliphatic heterocycles. The van der Waals surface area contributed by atoms with Crippen LogP contribution in [0.4, 0.5) is 0 Å². The van der Waals surface area contributed by atoms with Crippen LogP contribution in [0.3, 0.4) is 0 Å². The molecule has 4 heteroatoms.